The van der Waals surface area contributed by atoms with Gasteiger partial charge in [-0.05, 0) is 35.7 Å². The van der Waals surface area contributed by atoms with Crippen LogP contribution in [0, 0.1) is 0 Å². The number of hydrogen-bond acceptors (Lipinski definition) is 2. The molecule has 2 rings (SSSR count). The lowest BCUT2D eigenvalue weighted by molar-refractivity contribution is -0.115. The maximum absolute atomic E-state index is 11.6. The van der Waals surface area contributed by atoms with E-state index < -0.39 is 0 Å². The Hall–Kier alpha value is -1.13. The zero-order valence-electron chi connectivity index (χ0n) is 8.44. The van der Waals surface area contributed by atoms with Gasteiger partial charge in [-0.3, -0.25) is 4.79 Å². The number of carbonyl (C=O) groups excluding carboxylic acids is 1. The summed E-state index contributed by atoms with van der Waals surface area (Å²) in [6.45, 7) is 0. The van der Waals surface area contributed by atoms with Gasteiger partial charge in [0.25, 0.3) is 0 Å². The minimum absolute atomic E-state index is 0.0183. The maximum Gasteiger partial charge on any atom is 0.229 e. The van der Waals surface area contributed by atoms with Crippen LogP contribution in [-0.4, -0.2) is 5.91 Å². The minimum atomic E-state index is 0.0183. The Bertz CT molecular complexity index is 464. The second-order valence-electron chi connectivity index (χ2n) is 3.31. The Morgan fingerprint density at radius 1 is 1.25 bits per heavy atom. The molecule has 0 saturated carbocycles. The molecule has 2 aromatic rings. The molecule has 4 heteroatoms. The summed E-state index contributed by atoms with van der Waals surface area (Å²) in [7, 11) is 0. The summed E-state index contributed by atoms with van der Waals surface area (Å²) in [5.41, 5.74) is 0.824. The number of benzene rings is 1. The predicted molar refractivity (Wildman–Crippen MR) is 70.8 cm³/mol. The van der Waals surface area contributed by atoms with Crippen molar-refractivity contribution < 1.29 is 4.79 Å². The molecule has 82 valence electrons. The molecule has 0 fully saturated rings. The lowest BCUT2D eigenvalue weighted by Crippen LogP contribution is -2.13. The van der Waals surface area contributed by atoms with Crippen molar-refractivity contribution in [1.82, 2.24) is 0 Å². The summed E-state index contributed by atoms with van der Waals surface area (Å²) in [5, 5.41) is 4.83. The van der Waals surface area contributed by atoms with Crippen LogP contribution in [0.4, 0.5) is 5.69 Å². The molecule has 0 radical (unpaired) electrons. The summed E-state index contributed by atoms with van der Waals surface area (Å²) >= 11 is 4.95. The van der Waals surface area contributed by atoms with Crippen LogP contribution >= 0.6 is 27.3 Å². The summed E-state index contributed by atoms with van der Waals surface area (Å²) in [4.78, 5) is 12.7. The molecule has 1 heterocycles. The number of amides is 1. The van der Waals surface area contributed by atoms with E-state index in [1.165, 1.54) is 0 Å². The Balaban J connectivity index is 1.95. The summed E-state index contributed by atoms with van der Waals surface area (Å²) in [6, 6.07) is 11.5. The number of nitrogens with one attached hydrogen (secondary N) is 1. The quantitative estimate of drug-likeness (QED) is 0.919. The molecule has 0 aliphatic carbocycles. The average Bonchev–Trinajstić information content (AvgIpc) is 2.74. The van der Waals surface area contributed by atoms with Crippen LogP contribution < -0.4 is 5.32 Å². The standard InChI is InChI=1S/C12H10BrNOS/c13-9-3-5-10(6-4-9)14-12(15)8-11-2-1-7-16-11/h1-7H,8H2,(H,14,15). The van der Waals surface area contributed by atoms with Gasteiger partial charge < -0.3 is 5.32 Å². The molecule has 1 aromatic carbocycles. The highest BCUT2D eigenvalue weighted by molar-refractivity contribution is 9.10. The molecular formula is C12H10BrNOS. The van der Waals surface area contributed by atoms with Gasteiger partial charge in [-0.2, -0.15) is 0 Å². The highest BCUT2D eigenvalue weighted by atomic mass is 79.9. The number of anilines is 1. The summed E-state index contributed by atoms with van der Waals surface area (Å²) in [5.74, 6) is 0.0183. The molecule has 0 aliphatic rings. The smallest absolute Gasteiger partial charge is 0.229 e. The second kappa shape index (κ2) is 5.27. The van der Waals surface area contributed by atoms with Crippen LogP contribution in [0.5, 0.6) is 0 Å². The first-order valence-electron chi connectivity index (χ1n) is 4.82. The Morgan fingerprint density at radius 3 is 2.62 bits per heavy atom. The van der Waals surface area contributed by atoms with Gasteiger partial charge in [-0.1, -0.05) is 22.0 Å². The van der Waals surface area contributed by atoms with Crippen molar-refractivity contribution in [2.75, 3.05) is 5.32 Å². The van der Waals surface area contributed by atoms with E-state index in [9.17, 15) is 4.79 Å². The van der Waals surface area contributed by atoms with E-state index >= 15 is 0 Å². The fraction of sp³-hybridized carbons (Fsp3) is 0.0833. The topological polar surface area (TPSA) is 29.1 Å². The number of rotatable bonds is 3. The molecule has 0 unspecified atom stereocenters. The molecule has 1 amide bonds. The van der Waals surface area contributed by atoms with Crippen molar-refractivity contribution in [3.05, 3.63) is 51.1 Å². The molecule has 0 aliphatic heterocycles. The number of hydrogen-bond donors (Lipinski definition) is 1. The molecule has 0 saturated heterocycles. The van der Waals surface area contributed by atoms with Crippen LogP contribution in [0.1, 0.15) is 4.88 Å². The number of halogens is 1. The normalized spacial score (nSPS) is 10.1. The van der Waals surface area contributed by atoms with E-state index in [0.29, 0.717) is 6.42 Å². The third kappa shape index (κ3) is 3.18. The molecule has 0 spiro atoms. The van der Waals surface area contributed by atoms with Gasteiger partial charge in [0.05, 0.1) is 6.42 Å². The van der Waals surface area contributed by atoms with Gasteiger partial charge in [-0.25, -0.2) is 0 Å². The second-order valence-corrected chi connectivity index (χ2v) is 5.26. The van der Waals surface area contributed by atoms with Crippen molar-refractivity contribution in [2.24, 2.45) is 0 Å². The Labute approximate surface area is 106 Å². The summed E-state index contributed by atoms with van der Waals surface area (Å²) in [6.07, 6.45) is 0.438. The van der Waals surface area contributed by atoms with E-state index in [-0.39, 0.29) is 5.91 Å². The predicted octanol–water partition coefficient (Wildman–Crippen LogP) is 3.69. The van der Waals surface area contributed by atoms with E-state index in [1.807, 2.05) is 41.8 Å². The third-order valence-electron chi connectivity index (χ3n) is 2.04. The lowest BCUT2D eigenvalue weighted by Gasteiger charge is -2.03. The lowest BCUT2D eigenvalue weighted by atomic mass is 10.3. The van der Waals surface area contributed by atoms with Crippen molar-refractivity contribution in [2.45, 2.75) is 6.42 Å². The van der Waals surface area contributed by atoms with E-state index in [1.54, 1.807) is 11.3 Å². The third-order valence-corrected chi connectivity index (χ3v) is 3.45. The molecule has 16 heavy (non-hydrogen) atoms. The Morgan fingerprint density at radius 2 is 2.00 bits per heavy atom. The first-order valence-corrected chi connectivity index (χ1v) is 6.49. The first-order chi connectivity index (χ1) is 7.74. The van der Waals surface area contributed by atoms with Crippen LogP contribution in [-0.2, 0) is 11.2 Å². The fourth-order valence-electron chi connectivity index (χ4n) is 1.31. The van der Waals surface area contributed by atoms with Gasteiger partial charge in [0.1, 0.15) is 0 Å². The first kappa shape index (κ1) is 11.4. The monoisotopic (exact) mass is 295 g/mol. The SMILES string of the molecule is O=C(Cc1cccs1)Nc1ccc(Br)cc1. The number of carbonyl (C=O) groups is 1. The molecule has 2 nitrogen and oxygen atoms in total. The van der Waals surface area contributed by atoms with Gasteiger partial charge in [0.2, 0.25) is 5.91 Å². The fourth-order valence-corrected chi connectivity index (χ4v) is 2.28. The molecule has 1 N–H and O–H groups in total. The van der Waals surface area contributed by atoms with Gasteiger partial charge in [0, 0.05) is 15.0 Å². The van der Waals surface area contributed by atoms with Crippen LogP contribution in [0.3, 0.4) is 0 Å². The van der Waals surface area contributed by atoms with Gasteiger partial charge in [-0.15, -0.1) is 11.3 Å². The Kier molecular flexibility index (Phi) is 3.74. The van der Waals surface area contributed by atoms with Crippen LogP contribution in [0.2, 0.25) is 0 Å². The van der Waals surface area contributed by atoms with Crippen molar-refractivity contribution in [3.8, 4) is 0 Å². The van der Waals surface area contributed by atoms with Crippen molar-refractivity contribution >= 4 is 38.9 Å². The van der Waals surface area contributed by atoms with Crippen molar-refractivity contribution in [1.29, 1.82) is 0 Å². The molecule has 1 aromatic heterocycles. The van der Waals surface area contributed by atoms with Gasteiger partial charge in [0.15, 0.2) is 0 Å². The van der Waals surface area contributed by atoms with E-state index in [4.69, 9.17) is 0 Å². The molecule has 0 atom stereocenters. The largest absolute Gasteiger partial charge is 0.326 e. The highest BCUT2D eigenvalue weighted by Crippen LogP contribution is 2.15. The van der Waals surface area contributed by atoms with Crippen molar-refractivity contribution in [3.63, 3.8) is 0 Å². The molecule has 0 bridgehead atoms. The average molecular weight is 296 g/mol. The van der Waals surface area contributed by atoms with E-state index in [0.717, 1.165) is 15.0 Å². The summed E-state index contributed by atoms with van der Waals surface area (Å²) < 4.78 is 1.00. The van der Waals surface area contributed by atoms with Crippen LogP contribution in [0.25, 0.3) is 0 Å². The van der Waals surface area contributed by atoms with E-state index in [2.05, 4.69) is 21.2 Å². The highest BCUT2D eigenvalue weighted by Gasteiger charge is 2.04. The van der Waals surface area contributed by atoms with Crippen LogP contribution in [0.15, 0.2) is 46.3 Å². The zero-order chi connectivity index (χ0) is 11.4. The maximum atomic E-state index is 11.6. The van der Waals surface area contributed by atoms with Gasteiger partial charge >= 0.3 is 0 Å². The minimum Gasteiger partial charge on any atom is -0.326 e. The zero-order valence-corrected chi connectivity index (χ0v) is 10.8. The molecular weight excluding hydrogens is 286 g/mol. The number of thiophene rings is 1.